The predicted molar refractivity (Wildman–Crippen MR) is 79.9 cm³/mol. The van der Waals surface area contributed by atoms with E-state index in [1.165, 1.54) is 0 Å². The van der Waals surface area contributed by atoms with Gasteiger partial charge in [0.25, 0.3) is 0 Å². The zero-order chi connectivity index (χ0) is 14.7. The first-order valence-electron chi connectivity index (χ1n) is 7.19. The highest BCUT2D eigenvalue weighted by Gasteiger charge is 2.39. The number of hydrogen-bond acceptors (Lipinski definition) is 4. The van der Waals surface area contributed by atoms with Gasteiger partial charge in [0.1, 0.15) is 12.1 Å². The molecule has 1 saturated carbocycles. The summed E-state index contributed by atoms with van der Waals surface area (Å²) in [7, 11) is 0. The van der Waals surface area contributed by atoms with Crippen LogP contribution in [0.3, 0.4) is 0 Å². The molecule has 3 N–H and O–H groups in total. The van der Waals surface area contributed by atoms with Gasteiger partial charge in [0, 0.05) is 18.9 Å². The number of carbonyl (C=O) groups is 1. The Bertz CT molecular complexity index is 600. The van der Waals surface area contributed by atoms with E-state index >= 15 is 0 Å². The quantitative estimate of drug-likeness (QED) is 0.895. The standard InChI is InChI=1S/C15H19N5O/c16-10-15(5-1-2-6-15)14(21)19-12-3-4-13(18-9-12)20-8-7-17-11-20/h3-4,7-9,11H,1-2,5-6,10,16H2,(H,19,21). The molecule has 1 amide bonds. The van der Waals surface area contributed by atoms with Gasteiger partial charge in [-0.3, -0.25) is 9.36 Å². The van der Waals surface area contributed by atoms with Crippen molar-refractivity contribution in [2.45, 2.75) is 25.7 Å². The van der Waals surface area contributed by atoms with Gasteiger partial charge in [-0.25, -0.2) is 9.97 Å². The Balaban J connectivity index is 1.72. The lowest BCUT2D eigenvalue weighted by atomic mass is 9.85. The maximum absolute atomic E-state index is 12.4. The van der Waals surface area contributed by atoms with Gasteiger partial charge < -0.3 is 11.1 Å². The number of nitrogens with two attached hydrogens (primary N) is 1. The number of rotatable bonds is 4. The van der Waals surface area contributed by atoms with Crippen molar-refractivity contribution in [2.75, 3.05) is 11.9 Å². The summed E-state index contributed by atoms with van der Waals surface area (Å²) in [5.74, 6) is 0.777. The molecule has 0 aliphatic heterocycles. The Labute approximate surface area is 123 Å². The van der Waals surface area contributed by atoms with Gasteiger partial charge in [0.05, 0.1) is 17.3 Å². The molecule has 1 aliphatic rings. The fraction of sp³-hybridized carbons (Fsp3) is 0.400. The molecule has 21 heavy (non-hydrogen) atoms. The second-order valence-electron chi connectivity index (χ2n) is 5.52. The second-order valence-corrected chi connectivity index (χ2v) is 5.52. The Morgan fingerprint density at radius 3 is 2.76 bits per heavy atom. The van der Waals surface area contributed by atoms with Gasteiger partial charge in [0.2, 0.25) is 5.91 Å². The molecule has 3 rings (SSSR count). The molecule has 0 atom stereocenters. The highest BCUT2D eigenvalue weighted by Crippen LogP contribution is 2.38. The molecular weight excluding hydrogens is 266 g/mol. The summed E-state index contributed by atoms with van der Waals surface area (Å²) in [4.78, 5) is 20.8. The van der Waals surface area contributed by atoms with Crippen LogP contribution in [-0.2, 0) is 4.79 Å². The lowest BCUT2D eigenvalue weighted by molar-refractivity contribution is -0.124. The summed E-state index contributed by atoms with van der Waals surface area (Å²) >= 11 is 0. The summed E-state index contributed by atoms with van der Waals surface area (Å²) in [6.45, 7) is 0.402. The van der Waals surface area contributed by atoms with Crippen molar-refractivity contribution in [3.63, 3.8) is 0 Å². The third kappa shape index (κ3) is 2.67. The molecule has 1 fully saturated rings. The smallest absolute Gasteiger partial charge is 0.231 e. The van der Waals surface area contributed by atoms with E-state index in [2.05, 4.69) is 15.3 Å². The van der Waals surface area contributed by atoms with Crippen molar-refractivity contribution in [1.29, 1.82) is 0 Å². The molecule has 6 nitrogen and oxygen atoms in total. The van der Waals surface area contributed by atoms with Crippen molar-refractivity contribution in [2.24, 2.45) is 11.1 Å². The monoisotopic (exact) mass is 285 g/mol. The van der Waals surface area contributed by atoms with Crippen LogP contribution in [0.4, 0.5) is 5.69 Å². The molecule has 0 bridgehead atoms. The lowest BCUT2D eigenvalue weighted by Crippen LogP contribution is -2.40. The summed E-state index contributed by atoms with van der Waals surface area (Å²) in [6, 6.07) is 3.69. The Morgan fingerprint density at radius 1 is 1.38 bits per heavy atom. The number of imidazole rings is 1. The van der Waals surface area contributed by atoms with Crippen molar-refractivity contribution >= 4 is 11.6 Å². The summed E-state index contributed by atoms with van der Waals surface area (Å²) in [6.07, 6.45) is 10.7. The van der Waals surface area contributed by atoms with E-state index in [-0.39, 0.29) is 5.91 Å². The molecule has 0 unspecified atom stereocenters. The fourth-order valence-electron chi connectivity index (χ4n) is 2.85. The SMILES string of the molecule is NCC1(C(=O)Nc2ccc(-n3ccnc3)nc2)CCCC1. The Hall–Kier alpha value is -2.21. The number of hydrogen-bond donors (Lipinski definition) is 2. The van der Waals surface area contributed by atoms with Crippen molar-refractivity contribution < 1.29 is 4.79 Å². The van der Waals surface area contributed by atoms with Gasteiger partial charge in [-0.1, -0.05) is 12.8 Å². The average molecular weight is 285 g/mol. The first-order valence-corrected chi connectivity index (χ1v) is 7.19. The molecule has 2 heterocycles. The number of nitrogens with one attached hydrogen (secondary N) is 1. The minimum atomic E-state index is -0.400. The number of pyridine rings is 1. The van der Waals surface area contributed by atoms with E-state index in [0.717, 1.165) is 31.5 Å². The first-order chi connectivity index (χ1) is 10.2. The number of anilines is 1. The Kier molecular flexibility index (Phi) is 3.70. The average Bonchev–Trinajstić information content (AvgIpc) is 3.20. The number of amides is 1. The lowest BCUT2D eigenvalue weighted by Gasteiger charge is -2.25. The molecule has 2 aromatic heterocycles. The van der Waals surface area contributed by atoms with Gasteiger partial charge in [-0.15, -0.1) is 0 Å². The number of carbonyl (C=O) groups excluding carboxylic acids is 1. The predicted octanol–water partition coefficient (Wildman–Crippen LogP) is 1.72. The molecule has 0 radical (unpaired) electrons. The molecule has 110 valence electrons. The fourth-order valence-corrected chi connectivity index (χ4v) is 2.85. The van der Waals surface area contributed by atoms with Crippen LogP contribution in [0.15, 0.2) is 37.1 Å². The first kappa shape index (κ1) is 13.8. The van der Waals surface area contributed by atoms with Crippen LogP contribution in [0.1, 0.15) is 25.7 Å². The van der Waals surface area contributed by atoms with Gasteiger partial charge >= 0.3 is 0 Å². The molecule has 0 spiro atoms. The van der Waals surface area contributed by atoms with Gasteiger partial charge in [-0.2, -0.15) is 0 Å². The third-order valence-electron chi connectivity index (χ3n) is 4.21. The summed E-state index contributed by atoms with van der Waals surface area (Å²) < 4.78 is 1.81. The highest BCUT2D eigenvalue weighted by molar-refractivity contribution is 5.95. The minimum absolute atomic E-state index is 0.0136. The number of nitrogens with zero attached hydrogens (tertiary/aromatic N) is 3. The third-order valence-corrected chi connectivity index (χ3v) is 4.21. The van der Waals surface area contributed by atoms with Crippen LogP contribution < -0.4 is 11.1 Å². The van der Waals surface area contributed by atoms with Gasteiger partial charge in [-0.05, 0) is 25.0 Å². The highest BCUT2D eigenvalue weighted by atomic mass is 16.2. The molecule has 1 aliphatic carbocycles. The zero-order valence-corrected chi connectivity index (χ0v) is 11.8. The van der Waals surface area contributed by atoms with Crippen molar-refractivity contribution in [3.05, 3.63) is 37.1 Å². The van der Waals surface area contributed by atoms with Crippen molar-refractivity contribution in [1.82, 2.24) is 14.5 Å². The molecular formula is C15H19N5O. The second kappa shape index (κ2) is 5.65. The normalized spacial score (nSPS) is 16.8. The van der Waals surface area contributed by atoms with Crippen LogP contribution in [-0.4, -0.2) is 27.0 Å². The van der Waals surface area contributed by atoms with Crippen LogP contribution in [0.25, 0.3) is 5.82 Å². The molecule has 0 aromatic carbocycles. The van der Waals surface area contributed by atoms with Crippen LogP contribution in [0.2, 0.25) is 0 Å². The summed E-state index contributed by atoms with van der Waals surface area (Å²) in [5, 5.41) is 2.94. The summed E-state index contributed by atoms with van der Waals surface area (Å²) in [5.41, 5.74) is 6.12. The van der Waals surface area contributed by atoms with Crippen molar-refractivity contribution in [3.8, 4) is 5.82 Å². The molecule has 6 heteroatoms. The van der Waals surface area contributed by atoms with E-state index < -0.39 is 5.41 Å². The van der Waals surface area contributed by atoms with Crippen LogP contribution in [0.5, 0.6) is 0 Å². The maximum atomic E-state index is 12.4. The Morgan fingerprint density at radius 2 is 2.19 bits per heavy atom. The van der Waals surface area contributed by atoms with E-state index in [1.807, 2.05) is 22.9 Å². The maximum Gasteiger partial charge on any atom is 0.231 e. The van der Waals surface area contributed by atoms with E-state index in [0.29, 0.717) is 12.2 Å². The molecule has 2 aromatic rings. The van der Waals surface area contributed by atoms with Crippen LogP contribution in [0, 0.1) is 5.41 Å². The van der Waals surface area contributed by atoms with Crippen LogP contribution >= 0.6 is 0 Å². The topological polar surface area (TPSA) is 85.8 Å². The van der Waals surface area contributed by atoms with Gasteiger partial charge in [0.15, 0.2) is 0 Å². The zero-order valence-electron chi connectivity index (χ0n) is 11.8. The molecule has 0 saturated heterocycles. The van der Waals surface area contributed by atoms with E-state index in [1.54, 1.807) is 18.7 Å². The number of aromatic nitrogens is 3. The minimum Gasteiger partial charge on any atom is -0.329 e. The largest absolute Gasteiger partial charge is 0.329 e. The van der Waals surface area contributed by atoms with E-state index in [4.69, 9.17) is 5.73 Å². The van der Waals surface area contributed by atoms with E-state index in [9.17, 15) is 4.79 Å².